The second-order valence-corrected chi connectivity index (χ2v) is 3.04. The number of nitrogens with zero attached hydrogens (tertiary/aromatic N) is 2. The zero-order valence-corrected chi connectivity index (χ0v) is 9.03. The summed E-state index contributed by atoms with van der Waals surface area (Å²) in [5.41, 5.74) is 4.28. The van der Waals surface area contributed by atoms with Gasteiger partial charge in [0.25, 0.3) is 0 Å². The molecule has 4 heteroatoms. The number of hydrogen-bond donors (Lipinski definition) is 1. The molecule has 1 amide bonds. The van der Waals surface area contributed by atoms with Crippen molar-refractivity contribution in [3.05, 3.63) is 30.1 Å². The van der Waals surface area contributed by atoms with Crippen LogP contribution in [0, 0.1) is 0 Å². The van der Waals surface area contributed by atoms with E-state index in [1.165, 1.54) is 0 Å². The van der Waals surface area contributed by atoms with Crippen LogP contribution in [0.4, 0.5) is 0 Å². The van der Waals surface area contributed by atoms with Crippen LogP contribution in [-0.2, 0) is 4.79 Å². The van der Waals surface area contributed by atoms with Crippen molar-refractivity contribution in [1.82, 2.24) is 10.4 Å². The lowest BCUT2D eigenvalue weighted by atomic mass is 10.1. The van der Waals surface area contributed by atoms with E-state index in [9.17, 15) is 4.79 Å². The summed E-state index contributed by atoms with van der Waals surface area (Å²) in [5.74, 6) is -0.0789. The van der Waals surface area contributed by atoms with Gasteiger partial charge in [0.15, 0.2) is 0 Å². The van der Waals surface area contributed by atoms with Gasteiger partial charge in [-0.2, -0.15) is 5.10 Å². The molecule has 0 spiro atoms. The van der Waals surface area contributed by atoms with Crippen molar-refractivity contribution in [3.63, 3.8) is 0 Å². The summed E-state index contributed by atoms with van der Waals surface area (Å²) in [4.78, 5) is 15.0. The van der Waals surface area contributed by atoms with E-state index in [-0.39, 0.29) is 5.91 Å². The topological polar surface area (TPSA) is 54.4 Å². The predicted octanol–water partition coefficient (Wildman–Crippen LogP) is 1.72. The van der Waals surface area contributed by atoms with E-state index >= 15 is 0 Å². The van der Waals surface area contributed by atoms with Crippen LogP contribution in [0.5, 0.6) is 0 Å². The predicted molar refractivity (Wildman–Crippen MR) is 59.5 cm³/mol. The second kappa shape index (κ2) is 5.90. The third kappa shape index (κ3) is 3.50. The van der Waals surface area contributed by atoms with Crippen molar-refractivity contribution in [1.29, 1.82) is 0 Å². The minimum Gasteiger partial charge on any atom is -0.273 e. The molecule has 0 aliphatic rings. The number of hydrazone groups is 1. The van der Waals surface area contributed by atoms with Gasteiger partial charge in [-0.1, -0.05) is 19.9 Å². The van der Waals surface area contributed by atoms with E-state index in [4.69, 9.17) is 0 Å². The first kappa shape index (κ1) is 11.4. The molecule has 0 aliphatic carbocycles. The van der Waals surface area contributed by atoms with Gasteiger partial charge in [-0.05, 0) is 12.5 Å². The van der Waals surface area contributed by atoms with E-state index in [1.54, 1.807) is 19.3 Å². The summed E-state index contributed by atoms with van der Waals surface area (Å²) in [5, 5.41) is 4.06. The number of hydrogen-bond acceptors (Lipinski definition) is 3. The highest BCUT2D eigenvalue weighted by Crippen LogP contribution is 2.01. The molecule has 0 aliphatic heterocycles. The molecule has 0 saturated carbocycles. The molecule has 1 N–H and O–H groups in total. The Morgan fingerprint density at radius 1 is 1.47 bits per heavy atom. The molecule has 1 rings (SSSR count). The van der Waals surface area contributed by atoms with Gasteiger partial charge in [-0.15, -0.1) is 0 Å². The smallest absolute Gasteiger partial charge is 0.239 e. The van der Waals surface area contributed by atoms with Crippen LogP contribution in [0.15, 0.2) is 29.6 Å². The van der Waals surface area contributed by atoms with Crippen molar-refractivity contribution < 1.29 is 4.79 Å². The van der Waals surface area contributed by atoms with E-state index in [0.29, 0.717) is 6.42 Å². The van der Waals surface area contributed by atoms with Gasteiger partial charge >= 0.3 is 0 Å². The summed E-state index contributed by atoms with van der Waals surface area (Å²) in [6, 6.07) is 3.77. The molecule has 0 fully saturated rings. The van der Waals surface area contributed by atoms with Crippen molar-refractivity contribution in [2.45, 2.75) is 26.7 Å². The first-order chi connectivity index (χ1) is 7.27. The molecule has 0 bridgehead atoms. The molecule has 1 aromatic heterocycles. The van der Waals surface area contributed by atoms with Gasteiger partial charge in [0, 0.05) is 24.4 Å². The molecule has 80 valence electrons. The Balaban J connectivity index is 2.76. The zero-order chi connectivity index (χ0) is 11.1. The molecular formula is C11H15N3O. The lowest BCUT2D eigenvalue weighted by molar-refractivity contribution is -0.120. The van der Waals surface area contributed by atoms with Crippen LogP contribution >= 0.6 is 0 Å². The fraction of sp³-hybridized carbons (Fsp3) is 0.364. The van der Waals surface area contributed by atoms with Crippen LogP contribution in [0.1, 0.15) is 32.3 Å². The van der Waals surface area contributed by atoms with Gasteiger partial charge in [0.2, 0.25) is 5.91 Å². The molecule has 0 radical (unpaired) electrons. The van der Waals surface area contributed by atoms with Crippen LogP contribution in [0.3, 0.4) is 0 Å². The normalized spacial score (nSPS) is 11.2. The first-order valence-corrected chi connectivity index (χ1v) is 5.03. The SMILES string of the molecule is CCC(=O)NN=C(CC)c1cccnc1. The Hall–Kier alpha value is -1.71. The summed E-state index contributed by atoms with van der Waals surface area (Å²) >= 11 is 0. The zero-order valence-electron chi connectivity index (χ0n) is 9.03. The monoisotopic (exact) mass is 205 g/mol. The summed E-state index contributed by atoms with van der Waals surface area (Å²) < 4.78 is 0. The maximum Gasteiger partial charge on any atom is 0.239 e. The molecule has 1 heterocycles. The standard InChI is InChI=1S/C11H15N3O/c1-3-10(13-14-11(15)4-2)9-6-5-7-12-8-9/h5-8H,3-4H2,1-2H3,(H,14,15). The van der Waals surface area contributed by atoms with Crippen molar-refractivity contribution in [2.75, 3.05) is 0 Å². The minimum absolute atomic E-state index is 0.0789. The summed E-state index contributed by atoms with van der Waals surface area (Å²) in [6.45, 7) is 3.78. The van der Waals surface area contributed by atoms with Crippen molar-refractivity contribution in [2.24, 2.45) is 5.10 Å². The molecule has 4 nitrogen and oxygen atoms in total. The Bertz CT molecular complexity index is 346. The molecule has 0 unspecified atom stereocenters. The Morgan fingerprint density at radius 3 is 2.80 bits per heavy atom. The van der Waals surface area contributed by atoms with E-state index in [1.807, 2.05) is 19.1 Å². The third-order valence-corrected chi connectivity index (χ3v) is 1.97. The second-order valence-electron chi connectivity index (χ2n) is 3.04. The quantitative estimate of drug-likeness (QED) is 0.601. The summed E-state index contributed by atoms with van der Waals surface area (Å²) in [7, 11) is 0. The van der Waals surface area contributed by atoms with E-state index in [2.05, 4.69) is 15.5 Å². The number of rotatable bonds is 4. The Labute approximate surface area is 89.4 Å². The van der Waals surface area contributed by atoms with Crippen LogP contribution in [0.2, 0.25) is 0 Å². The van der Waals surface area contributed by atoms with Gasteiger partial charge in [0.05, 0.1) is 5.71 Å². The lowest BCUT2D eigenvalue weighted by Crippen LogP contribution is -2.18. The number of carbonyl (C=O) groups is 1. The fourth-order valence-electron chi connectivity index (χ4n) is 1.09. The number of nitrogens with one attached hydrogen (secondary N) is 1. The van der Waals surface area contributed by atoms with Gasteiger partial charge in [0.1, 0.15) is 0 Å². The average Bonchev–Trinajstić information content (AvgIpc) is 2.31. The first-order valence-electron chi connectivity index (χ1n) is 5.03. The van der Waals surface area contributed by atoms with Crippen LogP contribution in [-0.4, -0.2) is 16.6 Å². The van der Waals surface area contributed by atoms with Crippen molar-refractivity contribution >= 4 is 11.6 Å². The van der Waals surface area contributed by atoms with Crippen molar-refractivity contribution in [3.8, 4) is 0 Å². The Kier molecular flexibility index (Phi) is 4.47. The highest BCUT2D eigenvalue weighted by atomic mass is 16.2. The number of carbonyl (C=O) groups excluding carboxylic acids is 1. The minimum atomic E-state index is -0.0789. The summed E-state index contributed by atoms with van der Waals surface area (Å²) in [6.07, 6.45) is 4.64. The fourth-order valence-corrected chi connectivity index (χ4v) is 1.09. The van der Waals surface area contributed by atoms with Gasteiger partial charge in [-0.25, -0.2) is 5.43 Å². The highest BCUT2D eigenvalue weighted by molar-refractivity contribution is 6.00. The Morgan fingerprint density at radius 2 is 2.27 bits per heavy atom. The van der Waals surface area contributed by atoms with Crippen LogP contribution in [0.25, 0.3) is 0 Å². The molecule has 0 atom stereocenters. The molecule has 0 saturated heterocycles. The third-order valence-electron chi connectivity index (χ3n) is 1.97. The number of aromatic nitrogens is 1. The maximum atomic E-state index is 11.0. The largest absolute Gasteiger partial charge is 0.273 e. The average molecular weight is 205 g/mol. The lowest BCUT2D eigenvalue weighted by Gasteiger charge is -2.03. The highest BCUT2D eigenvalue weighted by Gasteiger charge is 2.01. The molecule has 0 aromatic carbocycles. The maximum absolute atomic E-state index is 11.0. The number of amides is 1. The van der Waals surface area contributed by atoms with Gasteiger partial charge in [-0.3, -0.25) is 9.78 Å². The van der Waals surface area contributed by atoms with Gasteiger partial charge < -0.3 is 0 Å². The van der Waals surface area contributed by atoms with E-state index < -0.39 is 0 Å². The molecule has 15 heavy (non-hydrogen) atoms. The molecule has 1 aromatic rings. The van der Waals surface area contributed by atoms with E-state index in [0.717, 1.165) is 17.7 Å². The molecular weight excluding hydrogens is 190 g/mol. The van der Waals surface area contributed by atoms with Crippen LogP contribution < -0.4 is 5.43 Å². The number of pyridine rings is 1.